The van der Waals surface area contributed by atoms with Gasteiger partial charge < -0.3 is 15.7 Å². The molecule has 0 aromatic heterocycles. The summed E-state index contributed by atoms with van der Waals surface area (Å²) in [7, 11) is 0. The Morgan fingerprint density at radius 3 is 2.24 bits per heavy atom. The van der Waals surface area contributed by atoms with E-state index in [1.807, 2.05) is 13.8 Å². The minimum atomic E-state index is -0.924. The lowest BCUT2D eigenvalue weighted by atomic mass is 10.2. The molecule has 17 heavy (non-hydrogen) atoms. The number of carboxylic acid groups (broad SMARTS) is 1. The van der Waals surface area contributed by atoms with Crippen molar-refractivity contribution in [1.29, 1.82) is 0 Å². The molecule has 3 N–H and O–H groups in total. The van der Waals surface area contributed by atoms with Gasteiger partial charge in [-0.3, -0.25) is 14.4 Å². The normalized spacial score (nSPS) is 10.1. The average molecular weight is 244 g/mol. The number of rotatable bonds is 8. The number of nitrogens with one attached hydrogen (secondary N) is 2. The molecule has 6 heteroatoms. The topological polar surface area (TPSA) is 95.5 Å². The van der Waals surface area contributed by atoms with Crippen LogP contribution in [-0.2, 0) is 14.4 Å². The first-order valence-electron chi connectivity index (χ1n) is 5.67. The number of carbonyl (C=O) groups is 3. The summed E-state index contributed by atoms with van der Waals surface area (Å²) in [6, 6.07) is 0. The maximum Gasteiger partial charge on any atom is 0.303 e. The Labute approximate surface area is 101 Å². The Morgan fingerprint density at radius 1 is 1.06 bits per heavy atom. The lowest BCUT2D eigenvalue weighted by Crippen LogP contribution is -2.38. The molecule has 2 amide bonds. The Bertz CT molecular complexity index is 277. The van der Waals surface area contributed by atoms with E-state index in [-0.39, 0.29) is 37.6 Å². The van der Waals surface area contributed by atoms with Gasteiger partial charge in [0.2, 0.25) is 11.8 Å². The Morgan fingerprint density at radius 2 is 1.71 bits per heavy atom. The van der Waals surface area contributed by atoms with Crippen LogP contribution in [0, 0.1) is 5.92 Å². The van der Waals surface area contributed by atoms with Crippen molar-refractivity contribution in [3.63, 3.8) is 0 Å². The average Bonchev–Trinajstić information content (AvgIpc) is 2.23. The Kier molecular flexibility index (Phi) is 7.75. The summed E-state index contributed by atoms with van der Waals surface area (Å²) in [6.07, 6.45) is 0.380. The molecule has 0 atom stereocenters. The van der Waals surface area contributed by atoms with E-state index in [1.165, 1.54) is 0 Å². The van der Waals surface area contributed by atoms with E-state index in [9.17, 15) is 14.4 Å². The van der Waals surface area contributed by atoms with Crippen LogP contribution in [-0.4, -0.2) is 36.0 Å². The molecule has 0 saturated heterocycles. The molecule has 0 radical (unpaired) electrons. The van der Waals surface area contributed by atoms with Gasteiger partial charge in [-0.1, -0.05) is 13.8 Å². The van der Waals surface area contributed by atoms with Gasteiger partial charge in [0.25, 0.3) is 0 Å². The number of carboxylic acids is 1. The molecule has 98 valence electrons. The third-order valence-electron chi connectivity index (χ3n) is 1.95. The zero-order valence-corrected chi connectivity index (χ0v) is 10.3. The van der Waals surface area contributed by atoms with Crippen molar-refractivity contribution in [2.24, 2.45) is 5.92 Å². The minimum absolute atomic E-state index is 0.0348. The lowest BCUT2D eigenvalue weighted by Gasteiger charge is -2.08. The molecular weight excluding hydrogens is 224 g/mol. The molecule has 0 bridgehead atoms. The molecule has 0 heterocycles. The van der Waals surface area contributed by atoms with Gasteiger partial charge in [0.1, 0.15) is 0 Å². The summed E-state index contributed by atoms with van der Waals surface area (Å²) in [4.78, 5) is 32.6. The molecule has 0 aliphatic carbocycles. The number of amides is 2. The van der Waals surface area contributed by atoms with Crippen LogP contribution in [0.2, 0.25) is 0 Å². The van der Waals surface area contributed by atoms with Gasteiger partial charge in [0, 0.05) is 19.4 Å². The van der Waals surface area contributed by atoms with Crippen LogP contribution in [0.1, 0.15) is 33.1 Å². The van der Waals surface area contributed by atoms with E-state index < -0.39 is 5.97 Å². The monoisotopic (exact) mass is 244 g/mol. The highest BCUT2D eigenvalue weighted by Gasteiger charge is 2.06. The standard InChI is InChI=1S/C11H20N2O4/c1-8(2)6-12-10(15)7-13-9(14)4-3-5-11(16)17/h8H,3-7H2,1-2H3,(H,12,15)(H,13,14)(H,16,17). The van der Waals surface area contributed by atoms with Crippen LogP contribution in [0.5, 0.6) is 0 Å². The number of hydrogen-bond acceptors (Lipinski definition) is 3. The van der Waals surface area contributed by atoms with Crippen molar-refractivity contribution in [2.45, 2.75) is 33.1 Å². The first-order chi connectivity index (χ1) is 7.91. The van der Waals surface area contributed by atoms with Crippen LogP contribution >= 0.6 is 0 Å². The number of aliphatic carboxylic acids is 1. The molecule has 0 aliphatic heterocycles. The summed E-state index contributed by atoms with van der Waals surface area (Å²) in [5, 5.41) is 13.5. The maximum absolute atomic E-state index is 11.2. The van der Waals surface area contributed by atoms with Gasteiger partial charge >= 0.3 is 5.97 Å². The molecule has 6 nitrogen and oxygen atoms in total. The SMILES string of the molecule is CC(C)CNC(=O)CNC(=O)CCCC(=O)O. The van der Waals surface area contributed by atoms with E-state index in [2.05, 4.69) is 10.6 Å². The van der Waals surface area contributed by atoms with Crippen LogP contribution in [0.15, 0.2) is 0 Å². The molecule has 0 fully saturated rings. The summed E-state index contributed by atoms with van der Waals surface area (Å²) in [6.45, 7) is 4.47. The van der Waals surface area contributed by atoms with E-state index in [0.717, 1.165) is 0 Å². The molecule has 0 unspecified atom stereocenters. The van der Waals surface area contributed by atoms with Crippen LogP contribution < -0.4 is 10.6 Å². The second-order valence-electron chi connectivity index (χ2n) is 4.22. The van der Waals surface area contributed by atoms with Gasteiger partial charge in [-0.05, 0) is 12.3 Å². The summed E-state index contributed by atoms with van der Waals surface area (Å²) < 4.78 is 0. The third kappa shape index (κ3) is 10.7. The van der Waals surface area contributed by atoms with Crippen molar-refractivity contribution < 1.29 is 19.5 Å². The molecular formula is C11H20N2O4. The van der Waals surface area contributed by atoms with Crippen LogP contribution in [0.25, 0.3) is 0 Å². The maximum atomic E-state index is 11.2. The quantitative estimate of drug-likeness (QED) is 0.565. The summed E-state index contributed by atoms with van der Waals surface area (Å²) >= 11 is 0. The molecule has 0 spiro atoms. The summed E-state index contributed by atoms with van der Waals surface area (Å²) in [5.41, 5.74) is 0. The predicted molar refractivity (Wildman–Crippen MR) is 62.3 cm³/mol. The van der Waals surface area contributed by atoms with Crippen molar-refractivity contribution in [1.82, 2.24) is 10.6 Å². The van der Waals surface area contributed by atoms with Gasteiger partial charge in [-0.25, -0.2) is 0 Å². The van der Waals surface area contributed by atoms with Gasteiger partial charge in [0.15, 0.2) is 0 Å². The van der Waals surface area contributed by atoms with E-state index in [1.54, 1.807) is 0 Å². The molecule has 0 aromatic rings. The van der Waals surface area contributed by atoms with E-state index in [4.69, 9.17) is 5.11 Å². The fourth-order valence-corrected chi connectivity index (χ4v) is 1.05. The highest BCUT2D eigenvalue weighted by Crippen LogP contribution is 1.94. The smallest absolute Gasteiger partial charge is 0.303 e. The van der Waals surface area contributed by atoms with Gasteiger partial charge in [0.05, 0.1) is 6.54 Å². The first kappa shape index (κ1) is 15.4. The predicted octanol–water partition coefficient (Wildman–Crippen LogP) is 0.130. The molecule has 0 aliphatic rings. The largest absolute Gasteiger partial charge is 0.481 e. The number of carbonyl (C=O) groups excluding carboxylic acids is 2. The van der Waals surface area contributed by atoms with Crippen molar-refractivity contribution >= 4 is 17.8 Å². The van der Waals surface area contributed by atoms with Crippen LogP contribution in [0.3, 0.4) is 0 Å². The van der Waals surface area contributed by atoms with Gasteiger partial charge in [-0.2, -0.15) is 0 Å². The Hall–Kier alpha value is -1.59. The minimum Gasteiger partial charge on any atom is -0.481 e. The van der Waals surface area contributed by atoms with Crippen molar-refractivity contribution in [3.05, 3.63) is 0 Å². The second kappa shape index (κ2) is 8.55. The molecule has 0 aromatic carbocycles. The van der Waals surface area contributed by atoms with E-state index >= 15 is 0 Å². The lowest BCUT2D eigenvalue weighted by molar-refractivity contribution is -0.137. The highest BCUT2D eigenvalue weighted by molar-refractivity contribution is 5.84. The summed E-state index contributed by atoms with van der Waals surface area (Å²) in [5.74, 6) is -1.09. The van der Waals surface area contributed by atoms with Crippen LogP contribution in [0.4, 0.5) is 0 Å². The zero-order valence-electron chi connectivity index (χ0n) is 10.3. The Balaban J connectivity index is 3.55. The van der Waals surface area contributed by atoms with Gasteiger partial charge in [-0.15, -0.1) is 0 Å². The van der Waals surface area contributed by atoms with Crippen molar-refractivity contribution in [2.75, 3.05) is 13.1 Å². The first-order valence-corrected chi connectivity index (χ1v) is 5.67. The third-order valence-corrected chi connectivity index (χ3v) is 1.95. The fourth-order valence-electron chi connectivity index (χ4n) is 1.05. The molecule has 0 saturated carbocycles. The van der Waals surface area contributed by atoms with Crippen molar-refractivity contribution in [3.8, 4) is 0 Å². The molecule has 0 rings (SSSR count). The number of hydrogen-bond donors (Lipinski definition) is 3. The highest BCUT2D eigenvalue weighted by atomic mass is 16.4. The zero-order chi connectivity index (χ0) is 13.3. The second-order valence-corrected chi connectivity index (χ2v) is 4.22. The van der Waals surface area contributed by atoms with E-state index in [0.29, 0.717) is 12.5 Å². The fraction of sp³-hybridized carbons (Fsp3) is 0.727.